The minimum atomic E-state index is -0.458. The quantitative estimate of drug-likeness (QED) is 0.563. The molecule has 0 bridgehead atoms. The lowest BCUT2D eigenvalue weighted by Gasteiger charge is -2.07. The van der Waals surface area contributed by atoms with E-state index in [1.54, 1.807) is 6.07 Å². The van der Waals surface area contributed by atoms with E-state index in [1.807, 2.05) is 14.0 Å². The summed E-state index contributed by atoms with van der Waals surface area (Å²) >= 11 is 0. The van der Waals surface area contributed by atoms with Crippen molar-refractivity contribution in [1.82, 2.24) is 10.3 Å². The number of rotatable bonds is 3. The van der Waals surface area contributed by atoms with Gasteiger partial charge >= 0.3 is 0 Å². The summed E-state index contributed by atoms with van der Waals surface area (Å²) in [6.45, 7) is 1.94. The van der Waals surface area contributed by atoms with Crippen LogP contribution in [0.2, 0.25) is 0 Å². The van der Waals surface area contributed by atoms with Crippen molar-refractivity contribution in [2.75, 3.05) is 7.05 Å². The third kappa shape index (κ3) is 2.22. The van der Waals surface area contributed by atoms with E-state index in [4.69, 9.17) is 0 Å². The Balaban J connectivity index is 2.87. The van der Waals surface area contributed by atoms with Gasteiger partial charge in [-0.25, -0.2) is 0 Å². The molecule has 0 amide bonds. The molecule has 1 atom stereocenters. The Kier molecular flexibility index (Phi) is 2.92. The summed E-state index contributed by atoms with van der Waals surface area (Å²) in [4.78, 5) is 13.8. The van der Waals surface area contributed by atoms with Gasteiger partial charge < -0.3 is 5.32 Å². The molecule has 0 aromatic carbocycles. The molecule has 1 aromatic rings. The highest BCUT2D eigenvalue weighted by atomic mass is 16.6. The summed E-state index contributed by atoms with van der Waals surface area (Å²) in [5.41, 5.74) is 0.820. The van der Waals surface area contributed by atoms with Gasteiger partial charge in [-0.05, 0) is 20.0 Å². The van der Waals surface area contributed by atoms with Gasteiger partial charge in [-0.3, -0.25) is 15.1 Å². The molecule has 0 aliphatic heterocycles. The monoisotopic (exact) mass is 181 g/mol. The Morgan fingerprint density at radius 2 is 2.31 bits per heavy atom. The molecule has 0 aliphatic carbocycles. The van der Waals surface area contributed by atoms with Gasteiger partial charge in [0.2, 0.25) is 0 Å². The zero-order valence-electron chi connectivity index (χ0n) is 7.52. The molecule has 1 heterocycles. The second-order valence-corrected chi connectivity index (χ2v) is 2.71. The number of hydrogen-bond donors (Lipinski definition) is 1. The Bertz CT molecular complexity index is 297. The van der Waals surface area contributed by atoms with Gasteiger partial charge in [0.1, 0.15) is 6.20 Å². The summed E-state index contributed by atoms with van der Waals surface area (Å²) in [5.74, 6) is 0. The van der Waals surface area contributed by atoms with Crippen molar-refractivity contribution in [3.63, 3.8) is 0 Å². The molecule has 0 saturated carbocycles. The van der Waals surface area contributed by atoms with Gasteiger partial charge in [-0.15, -0.1) is 0 Å². The number of nitro groups is 1. The van der Waals surface area contributed by atoms with Crippen molar-refractivity contribution < 1.29 is 4.92 Å². The molecular formula is C8H11N3O2. The van der Waals surface area contributed by atoms with E-state index in [-0.39, 0.29) is 11.7 Å². The zero-order chi connectivity index (χ0) is 9.84. The van der Waals surface area contributed by atoms with E-state index in [2.05, 4.69) is 10.3 Å². The molecule has 1 aromatic heterocycles. The molecule has 13 heavy (non-hydrogen) atoms. The lowest BCUT2D eigenvalue weighted by molar-refractivity contribution is -0.385. The highest BCUT2D eigenvalue weighted by molar-refractivity contribution is 5.27. The number of nitrogens with one attached hydrogen (secondary N) is 1. The molecule has 0 spiro atoms. The minimum Gasteiger partial charge on any atom is -0.312 e. The van der Waals surface area contributed by atoms with Crippen LogP contribution in [-0.4, -0.2) is 17.0 Å². The maximum absolute atomic E-state index is 10.3. The van der Waals surface area contributed by atoms with Crippen molar-refractivity contribution in [2.24, 2.45) is 0 Å². The van der Waals surface area contributed by atoms with Gasteiger partial charge in [0.25, 0.3) is 5.69 Å². The van der Waals surface area contributed by atoms with Crippen LogP contribution in [-0.2, 0) is 0 Å². The van der Waals surface area contributed by atoms with Crippen LogP contribution in [0.1, 0.15) is 18.7 Å². The van der Waals surface area contributed by atoms with Crippen LogP contribution in [0.5, 0.6) is 0 Å². The number of pyridine rings is 1. The summed E-state index contributed by atoms with van der Waals surface area (Å²) in [6, 6.07) is 3.22. The average molecular weight is 181 g/mol. The first-order chi connectivity index (χ1) is 6.15. The Labute approximate surface area is 75.9 Å². The summed E-state index contributed by atoms with van der Waals surface area (Å²) in [6.07, 6.45) is 1.27. The van der Waals surface area contributed by atoms with Crippen molar-refractivity contribution in [3.05, 3.63) is 34.1 Å². The molecule has 5 nitrogen and oxygen atoms in total. The highest BCUT2D eigenvalue weighted by Crippen LogP contribution is 2.13. The van der Waals surface area contributed by atoms with E-state index in [1.165, 1.54) is 12.3 Å². The van der Waals surface area contributed by atoms with E-state index >= 15 is 0 Å². The van der Waals surface area contributed by atoms with Crippen LogP contribution in [0.3, 0.4) is 0 Å². The van der Waals surface area contributed by atoms with Gasteiger partial charge in [-0.1, -0.05) is 0 Å². The highest BCUT2D eigenvalue weighted by Gasteiger charge is 2.08. The van der Waals surface area contributed by atoms with Crippen LogP contribution in [0.25, 0.3) is 0 Å². The Morgan fingerprint density at radius 1 is 1.62 bits per heavy atom. The minimum absolute atomic E-state index is 0.0204. The van der Waals surface area contributed by atoms with E-state index in [0.717, 1.165) is 5.69 Å². The van der Waals surface area contributed by atoms with Crippen molar-refractivity contribution in [3.8, 4) is 0 Å². The predicted molar refractivity (Wildman–Crippen MR) is 48.4 cm³/mol. The van der Waals surface area contributed by atoms with Crippen LogP contribution in [0.4, 0.5) is 5.69 Å². The second-order valence-electron chi connectivity index (χ2n) is 2.71. The SMILES string of the molecule is CNC(C)c1ccc([N+](=O)[O-])cn1. The van der Waals surface area contributed by atoms with Crippen molar-refractivity contribution in [1.29, 1.82) is 0 Å². The Hall–Kier alpha value is -1.49. The smallest absolute Gasteiger partial charge is 0.287 e. The molecule has 1 N–H and O–H groups in total. The van der Waals surface area contributed by atoms with Crippen molar-refractivity contribution in [2.45, 2.75) is 13.0 Å². The largest absolute Gasteiger partial charge is 0.312 e. The lowest BCUT2D eigenvalue weighted by atomic mass is 10.2. The van der Waals surface area contributed by atoms with Gasteiger partial charge in [0.15, 0.2) is 0 Å². The standard InChI is InChI=1S/C8H11N3O2/c1-6(9-2)8-4-3-7(5-10-8)11(12)13/h3-6,9H,1-2H3. The van der Waals surface area contributed by atoms with E-state index < -0.39 is 4.92 Å². The van der Waals surface area contributed by atoms with E-state index in [0.29, 0.717) is 0 Å². The van der Waals surface area contributed by atoms with Crippen molar-refractivity contribution >= 4 is 5.69 Å². The zero-order valence-corrected chi connectivity index (χ0v) is 7.52. The topological polar surface area (TPSA) is 68.1 Å². The fourth-order valence-corrected chi connectivity index (χ4v) is 0.910. The first-order valence-corrected chi connectivity index (χ1v) is 3.92. The average Bonchev–Trinajstić information content (AvgIpc) is 2.17. The van der Waals surface area contributed by atoms with Gasteiger partial charge in [0.05, 0.1) is 10.6 Å². The molecule has 0 radical (unpaired) electrons. The summed E-state index contributed by atoms with van der Waals surface area (Å²) < 4.78 is 0. The van der Waals surface area contributed by atoms with Gasteiger partial charge in [0, 0.05) is 12.1 Å². The molecule has 0 saturated heterocycles. The predicted octanol–water partition coefficient (Wildman–Crippen LogP) is 1.27. The number of nitrogens with zero attached hydrogens (tertiary/aromatic N) is 2. The van der Waals surface area contributed by atoms with Crippen LogP contribution >= 0.6 is 0 Å². The molecule has 0 fully saturated rings. The maximum Gasteiger partial charge on any atom is 0.287 e. The molecule has 1 unspecified atom stereocenters. The first kappa shape index (κ1) is 9.60. The van der Waals surface area contributed by atoms with E-state index in [9.17, 15) is 10.1 Å². The number of aromatic nitrogens is 1. The normalized spacial score (nSPS) is 12.5. The molecule has 70 valence electrons. The maximum atomic E-state index is 10.3. The van der Waals surface area contributed by atoms with Crippen LogP contribution in [0.15, 0.2) is 18.3 Å². The molecule has 1 rings (SSSR count). The van der Waals surface area contributed by atoms with Crippen LogP contribution in [0, 0.1) is 10.1 Å². The van der Waals surface area contributed by atoms with Gasteiger partial charge in [-0.2, -0.15) is 0 Å². The first-order valence-electron chi connectivity index (χ1n) is 3.92. The summed E-state index contributed by atoms with van der Waals surface area (Å²) in [7, 11) is 1.81. The lowest BCUT2D eigenvalue weighted by Crippen LogP contribution is -2.13. The molecular weight excluding hydrogens is 170 g/mol. The third-order valence-electron chi connectivity index (χ3n) is 1.86. The fourth-order valence-electron chi connectivity index (χ4n) is 0.910. The molecule has 5 heteroatoms. The summed E-state index contributed by atoms with van der Waals surface area (Å²) in [5, 5.41) is 13.3. The Morgan fingerprint density at radius 3 is 2.69 bits per heavy atom. The number of hydrogen-bond acceptors (Lipinski definition) is 4. The fraction of sp³-hybridized carbons (Fsp3) is 0.375. The molecule has 0 aliphatic rings. The van der Waals surface area contributed by atoms with Crippen LogP contribution < -0.4 is 5.32 Å². The second kappa shape index (κ2) is 3.95. The third-order valence-corrected chi connectivity index (χ3v) is 1.86.